The molecule has 1 aliphatic rings. The summed E-state index contributed by atoms with van der Waals surface area (Å²) in [7, 11) is 1.40. The second kappa shape index (κ2) is 5.68. The predicted molar refractivity (Wildman–Crippen MR) is 55.7 cm³/mol. The zero-order chi connectivity index (χ0) is 10.4. The number of carbonyl (C=O) groups excluding carboxylic acids is 1. The summed E-state index contributed by atoms with van der Waals surface area (Å²) in [5, 5.41) is 0. The highest BCUT2D eigenvalue weighted by atomic mass is 16.5. The lowest BCUT2D eigenvalue weighted by atomic mass is 10.3. The van der Waals surface area contributed by atoms with Crippen molar-refractivity contribution in [1.29, 1.82) is 0 Å². The van der Waals surface area contributed by atoms with Gasteiger partial charge in [-0.25, -0.2) is 4.79 Å². The Morgan fingerprint density at radius 1 is 1.57 bits per heavy atom. The fourth-order valence-electron chi connectivity index (χ4n) is 1.38. The molecule has 0 heterocycles. The fourth-order valence-corrected chi connectivity index (χ4v) is 1.38. The molecule has 80 valence electrons. The molecule has 0 amide bonds. The Morgan fingerprint density at radius 3 is 2.79 bits per heavy atom. The molecule has 3 nitrogen and oxygen atoms in total. The van der Waals surface area contributed by atoms with E-state index in [0.717, 1.165) is 25.4 Å². The third-order valence-corrected chi connectivity index (χ3v) is 2.32. The normalized spacial score (nSPS) is 15.9. The van der Waals surface area contributed by atoms with E-state index in [1.165, 1.54) is 26.0 Å². The molecule has 3 heteroatoms. The molecule has 1 rings (SSSR count). The van der Waals surface area contributed by atoms with Crippen LogP contribution in [0.2, 0.25) is 0 Å². The van der Waals surface area contributed by atoms with Gasteiger partial charge in [0.05, 0.1) is 7.11 Å². The van der Waals surface area contributed by atoms with Crippen molar-refractivity contribution < 1.29 is 9.53 Å². The Bertz CT molecular complexity index is 209. The molecule has 1 saturated carbocycles. The minimum atomic E-state index is -0.276. The van der Waals surface area contributed by atoms with Crippen LogP contribution in [0.25, 0.3) is 0 Å². The molecule has 0 N–H and O–H groups in total. The summed E-state index contributed by atoms with van der Waals surface area (Å²) in [5.74, 6) is 0.575. The molecule has 0 spiro atoms. The Hall–Kier alpha value is -0.990. The molecular formula is C11H19NO2. The SMILES string of the molecule is CCCN(C=CC(=O)OC)CC1CC1. The number of hydrogen-bond acceptors (Lipinski definition) is 3. The molecule has 0 bridgehead atoms. The van der Waals surface area contributed by atoms with Crippen molar-refractivity contribution >= 4 is 5.97 Å². The van der Waals surface area contributed by atoms with Crippen molar-refractivity contribution in [2.75, 3.05) is 20.2 Å². The van der Waals surface area contributed by atoms with Gasteiger partial charge in [-0.2, -0.15) is 0 Å². The number of esters is 1. The summed E-state index contributed by atoms with van der Waals surface area (Å²) in [5.41, 5.74) is 0. The molecule has 0 atom stereocenters. The maximum Gasteiger partial charge on any atom is 0.331 e. The Kier molecular flexibility index (Phi) is 4.50. The third-order valence-electron chi connectivity index (χ3n) is 2.32. The van der Waals surface area contributed by atoms with Gasteiger partial charge in [-0.15, -0.1) is 0 Å². The second-order valence-electron chi connectivity index (χ2n) is 3.78. The first-order valence-electron chi connectivity index (χ1n) is 5.26. The lowest BCUT2D eigenvalue weighted by Crippen LogP contribution is -2.21. The minimum Gasteiger partial charge on any atom is -0.466 e. The van der Waals surface area contributed by atoms with Crippen molar-refractivity contribution in [1.82, 2.24) is 4.90 Å². The van der Waals surface area contributed by atoms with E-state index in [1.54, 1.807) is 0 Å². The van der Waals surface area contributed by atoms with Gasteiger partial charge in [0.1, 0.15) is 0 Å². The molecule has 0 aliphatic heterocycles. The number of nitrogens with zero attached hydrogens (tertiary/aromatic N) is 1. The highest BCUT2D eigenvalue weighted by molar-refractivity contribution is 5.81. The average molecular weight is 197 g/mol. The fraction of sp³-hybridized carbons (Fsp3) is 0.727. The summed E-state index contributed by atoms with van der Waals surface area (Å²) in [4.78, 5) is 13.1. The van der Waals surface area contributed by atoms with Gasteiger partial charge >= 0.3 is 5.97 Å². The number of hydrogen-bond donors (Lipinski definition) is 0. The zero-order valence-corrected chi connectivity index (χ0v) is 9.03. The van der Waals surface area contributed by atoms with Gasteiger partial charge in [0, 0.05) is 25.4 Å². The highest BCUT2D eigenvalue weighted by Crippen LogP contribution is 2.29. The topological polar surface area (TPSA) is 29.5 Å². The standard InChI is InChI=1S/C11H19NO2/c1-3-7-12(9-10-4-5-10)8-6-11(13)14-2/h6,8,10H,3-5,7,9H2,1-2H3. The van der Waals surface area contributed by atoms with Crippen molar-refractivity contribution in [2.24, 2.45) is 5.92 Å². The van der Waals surface area contributed by atoms with E-state index in [-0.39, 0.29) is 5.97 Å². The average Bonchev–Trinajstić information content (AvgIpc) is 2.98. The smallest absolute Gasteiger partial charge is 0.331 e. The van der Waals surface area contributed by atoms with Crippen molar-refractivity contribution in [3.8, 4) is 0 Å². The van der Waals surface area contributed by atoms with Gasteiger partial charge in [0.25, 0.3) is 0 Å². The number of ether oxygens (including phenoxy) is 1. The summed E-state index contributed by atoms with van der Waals surface area (Å²) in [6.45, 7) is 4.25. The zero-order valence-electron chi connectivity index (χ0n) is 9.03. The summed E-state index contributed by atoms with van der Waals surface area (Å²) < 4.78 is 4.55. The van der Waals surface area contributed by atoms with E-state index >= 15 is 0 Å². The van der Waals surface area contributed by atoms with Crippen LogP contribution in [0, 0.1) is 5.92 Å². The first kappa shape index (κ1) is 11.1. The molecule has 1 fully saturated rings. The highest BCUT2D eigenvalue weighted by Gasteiger charge is 2.22. The molecule has 0 aromatic carbocycles. The van der Waals surface area contributed by atoms with Gasteiger partial charge in [-0.05, 0) is 25.2 Å². The van der Waals surface area contributed by atoms with Crippen LogP contribution in [0.1, 0.15) is 26.2 Å². The molecule has 0 aromatic rings. The first-order valence-corrected chi connectivity index (χ1v) is 5.26. The van der Waals surface area contributed by atoms with Gasteiger partial charge < -0.3 is 9.64 Å². The third kappa shape index (κ3) is 4.30. The molecule has 14 heavy (non-hydrogen) atoms. The summed E-state index contributed by atoms with van der Waals surface area (Å²) >= 11 is 0. The quantitative estimate of drug-likeness (QED) is 0.480. The van der Waals surface area contributed by atoms with E-state index in [4.69, 9.17) is 0 Å². The number of carbonyl (C=O) groups is 1. The van der Waals surface area contributed by atoms with Crippen LogP contribution >= 0.6 is 0 Å². The van der Waals surface area contributed by atoms with E-state index in [0.29, 0.717) is 0 Å². The first-order chi connectivity index (χ1) is 6.76. The van der Waals surface area contributed by atoms with Crippen LogP contribution in [0.5, 0.6) is 0 Å². The molecule has 1 aliphatic carbocycles. The van der Waals surface area contributed by atoms with Gasteiger partial charge in [-0.1, -0.05) is 6.92 Å². The Morgan fingerprint density at radius 2 is 2.29 bits per heavy atom. The lowest BCUT2D eigenvalue weighted by molar-refractivity contribution is -0.134. The van der Waals surface area contributed by atoms with Crippen molar-refractivity contribution in [2.45, 2.75) is 26.2 Å². The van der Waals surface area contributed by atoms with Gasteiger partial charge in [-0.3, -0.25) is 0 Å². The van der Waals surface area contributed by atoms with Gasteiger partial charge in [0.2, 0.25) is 0 Å². The molecule has 0 unspecified atom stereocenters. The summed E-state index contributed by atoms with van der Waals surface area (Å²) in [6, 6.07) is 0. The summed E-state index contributed by atoms with van der Waals surface area (Å²) in [6.07, 6.45) is 7.14. The monoisotopic (exact) mass is 197 g/mol. The number of rotatable bonds is 6. The minimum absolute atomic E-state index is 0.276. The van der Waals surface area contributed by atoms with Crippen LogP contribution in [0.15, 0.2) is 12.3 Å². The number of methoxy groups -OCH3 is 1. The predicted octanol–water partition coefficient (Wildman–Crippen LogP) is 1.80. The van der Waals surface area contributed by atoms with Crippen molar-refractivity contribution in [3.05, 3.63) is 12.3 Å². The lowest BCUT2D eigenvalue weighted by Gasteiger charge is -2.18. The van der Waals surface area contributed by atoms with Crippen LogP contribution < -0.4 is 0 Å². The van der Waals surface area contributed by atoms with E-state index < -0.39 is 0 Å². The molecule has 0 saturated heterocycles. The maximum atomic E-state index is 10.9. The van der Waals surface area contributed by atoms with E-state index in [9.17, 15) is 4.79 Å². The van der Waals surface area contributed by atoms with Crippen LogP contribution in [-0.4, -0.2) is 31.1 Å². The largest absolute Gasteiger partial charge is 0.466 e. The van der Waals surface area contributed by atoms with Crippen molar-refractivity contribution in [3.63, 3.8) is 0 Å². The molecule has 0 radical (unpaired) electrons. The Labute approximate surface area is 85.7 Å². The Balaban J connectivity index is 2.32. The van der Waals surface area contributed by atoms with Crippen LogP contribution in [0.3, 0.4) is 0 Å². The molecule has 0 aromatic heterocycles. The van der Waals surface area contributed by atoms with E-state index in [1.807, 2.05) is 6.20 Å². The van der Waals surface area contributed by atoms with Crippen LogP contribution in [0.4, 0.5) is 0 Å². The van der Waals surface area contributed by atoms with E-state index in [2.05, 4.69) is 16.6 Å². The maximum absolute atomic E-state index is 10.9. The molecular weight excluding hydrogens is 178 g/mol. The van der Waals surface area contributed by atoms with Gasteiger partial charge in [0.15, 0.2) is 0 Å². The second-order valence-corrected chi connectivity index (χ2v) is 3.78. The van der Waals surface area contributed by atoms with Crippen LogP contribution in [-0.2, 0) is 9.53 Å².